The predicted octanol–water partition coefficient (Wildman–Crippen LogP) is 3.38. The Labute approximate surface area is 98.0 Å². The molecular formula is C11H9ClN2S. The Balaban J connectivity index is 2.22. The predicted molar refractivity (Wildman–Crippen MR) is 63.7 cm³/mol. The van der Waals surface area contributed by atoms with Gasteiger partial charge in [-0.2, -0.15) is 0 Å². The van der Waals surface area contributed by atoms with Gasteiger partial charge in [0, 0.05) is 23.3 Å². The van der Waals surface area contributed by atoms with Crippen molar-refractivity contribution in [3.63, 3.8) is 0 Å². The second-order valence-electron chi connectivity index (χ2n) is 3.20. The lowest BCUT2D eigenvalue weighted by atomic mass is 10.1. The summed E-state index contributed by atoms with van der Waals surface area (Å²) in [4.78, 5) is 6.97. The molecule has 0 unspecified atom stereocenters. The van der Waals surface area contributed by atoms with E-state index in [4.69, 9.17) is 23.8 Å². The van der Waals surface area contributed by atoms with Crippen molar-refractivity contribution >= 4 is 23.8 Å². The van der Waals surface area contributed by atoms with E-state index in [1.807, 2.05) is 30.3 Å². The standard InChI is InChI=1S/C11H9ClN2S/c12-9-3-1-8(2-4-9)7-10-5-6-13-11(15)14-10/h1-6H,7H2,(H,13,14,15). The second kappa shape index (κ2) is 4.55. The Hall–Kier alpha value is -1.19. The summed E-state index contributed by atoms with van der Waals surface area (Å²) in [6.07, 6.45) is 2.52. The quantitative estimate of drug-likeness (QED) is 0.810. The third kappa shape index (κ3) is 2.88. The fourth-order valence-electron chi connectivity index (χ4n) is 1.33. The van der Waals surface area contributed by atoms with E-state index in [-0.39, 0.29) is 0 Å². The van der Waals surface area contributed by atoms with Crippen molar-refractivity contribution < 1.29 is 0 Å². The Bertz CT molecular complexity index is 504. The molecule has 1 N–H and O–H groups in total. The van der Waals surface area contributed by atoms with E-state index in [0.717, 1.165) is 17.1 Å². The molecule has 4 heteroatoms. The second-order valence-corrected chi connectivity index (χ2v) is 4.03. The highest BCUT2D eigenvalue weighted by Gasteiger charge is 1.96. The van der Waals surface area contributed by atoms with Crippen LogP contribution >= 0.6 is 23.8 Å². The lowest BCUT2D eigenvalue weighted by Crippen LogP contribution is -1.93. The van der Waals surface area contributed by atoms with Crippen LogP contribution in [0.2, 0.25) is 5.02 Å². The van der Waals surface area contributed by atoms with E-state index < -0.39 is 0 Å². The molecule has 1 heterocycles. The van der Waals surface area contributed by atoms with E-state index in [0.29, 0.717) is 4.77 Å². The summed E-state index contributed by atoms with van der Waals surface area (Å²) in [5, 5.41) is 0.751. The van der Waals surface area contributed by atoms with Crippen LogP contribution in [0.5, 0.6) is 0 Å². The molecule has 0 saturated carbocycles. The van der Waals surface area contributed by atoms with Crippen molar-refractivity contribution in [2.45, 2.75) is 6.42 Å². The highest BCUT2D eigenvalue weighted by atomic mass is 35.5. The molecule has 0 amide bonds. The number of nitrogens with zero attached hydrogens (tertiary/aromatic N) is 1. The first-order valence-corrected chi connectivity index (χ1v) is 5.31. The molecule has 0 fully saturated rings. The van der Waals surface area contributed by atoms with E-state index in [2.05, 4.69) is 9.97 Å². The van der Waals surface area contributed by atoms with Gasteiger partial charge in [-0.15, -0.1) is 0 Å². The van der Waals surface area contributed by atoms with Crippen LogP contribution in [0.25, 0.3) is 0 Å². The molecule has 2 aromatic rings. The Kier molecular flexibility index (Phi) is 3.14. The van der Waals surface area contributed by atoms with Gasteiger partial charge in [0.2, 0.25) is 0 Å². The summed E-state index contributed by atoms with van der Waals surface area (Å²) >= 11 is 10.8. The number of hydrogen-bond acceptors (Lipinski definition) is 2. The fraction of sp³-hybridized carbons (Fsp3) is 0.0909. The molecular weight excluding hydrogens is 228 g/mol. The maximum atomic E-state index is 5.81. The number of aromatic nitrogens is 2. The molecule has 1 aromatic carbocycles. The normalized spacial score (nSPS) is 10.2. The number of nitrogens with one attached hydrogen (secondary N) is 1. The molecule has 0 radical (unpaired) electrons. The van der Waals surface area contributed by atoms with Gasteiger partial charge in [-0.05, 0) is 36.0 Å². The molecule has 0 spiro atoms. The lowest BCUT2D eigenvalue weighted by Gasteiger charge is -2.01. The van der Waals surface area contributed by atoms with Gasteiger partial charge in [-0.25, -0.2) is 4.98 Å². The van der Waals surface area contributed by atoms with Crippen LogP contribution in [0.15, 0.2) is 36.5 Å². The Morgan fingerprint density at radius 3 is 2.60 bits per heavy atom. The average Bonchev–Trinajstić information content (AvgIpc) is 2.22. The Morgan fingerprint density at radius 2 is 1.93 bits per heavy atom. The van der Waals surface area contributed by atoms with Crippen LogP contribution in [0.1, 0.15) is 11.3 Å². The van der Waals surface area contributed by atoms with Crippen LogP contribution in [-0.2, 0) is 6.42 Å². The molecule has 0 bridgehead atoms. The van der Waals surface area contributed by atoms with Crippen molar-refractivity contribution in [1.82, 2.24) is 9.97 Å². The summed E-state index contributed by atoms with van der Waals surface area (Å²) in [6.45, 7) is 0. The first-order valence-electron chi connectivity index (χ1n) is 4.53. The molecule has 76 valence electrons. The number of aromatic amines is 1. The third-order valence-electron chi connectivity index (χ3n) is 2.04. The molecule has 0 aliphatic heterocycles. The van der Waals surface area contributed by atoms with Crippen LogP contribution in [0, 0.1) is 4.77 Å². The van der Waals surface area contributed by atoms with Crippen molar-refractivity contribution in [2.24, 2.45) is 0 Å². The molecule has 2 rings (SSSR count). The Morgan fingerprint density at radius 1 is 1.20 bits per heavy atom. The van der Waals surface area contributed by atoms with E-state index in [1.165, 1.54) is 5.56 Å². The summed E-state index contributed by atoms with van der Waals surface area (Å²) in [5.41, 5.74) is 2.24. The van der Waals surface area contributed by atoms with Crippen molar-refractivity contribution in [1.29, 1.82) is 0 Å². The number of halogens is 1. The third-order valence-corrected chi connectivity index (χ3v) is 2.50. The first kappa shape index (κ1) is 10.3. The van der Waals surface area contributed by atoms with E-state index >= 15 is 0 Å². The van der Waals surface area contributed by atoms with Gasteiger partial charge >= 0.3 is 0 Å². The smallest absolute Gasteiger partial charge is 0.196 e. The van der Waals surface area contributed by atoms with Crippen LogP contribution in [0.3, 0.4) is 0 Å². The molecule has 15 heavy (non-hydrogen) atoms. The van der Waals surface area contributed by atoms with Gasteiger partial charge in [-0.3, -0.25) is 0 Å². The zero-order valence-electron chi connectivity index (χ0n) is 7.90. The van der Waals surface area contributed by atoms with Crippen LogP contribution in [0.4, 0.5) is 0 Å². The highest BCUT2D eigenvalue weighted by molar-refractivity contribution is 7.71. The van der Waals surface area contributed by atoms with Crippen molar-refractivity contribution in [3.05, 3.63) is 57.6 Å². The lowest BCUT2D eigenvalue weighted by molar-refractivity contribution is 1.01. The molecule has 0 atom stereocenters. The van der Waals surface area contributed by atoms with Gasteiger partial charge in [-0.1, -0.05) is 23.7 Å². The molecule has 0 saturated heterocycles. The monoisotopic (exact) mass is 236 g/mol. The summed E-state index contributed by atoms with van der Waals surface area (Å²) in [5.74, 6) is 0. The average molecular weight is 237 g/mol. The molecule has 1 aromatic heterocycles. The van der Waals surface area contributed by atoms with E-state index in [1.54, 1.807) is 6.20 Å². The fourth-order valence-corrected chi connectivity index (χ4v) is 1.65. The van der Waals surface area contributed by atoms with Crippen molar-refractivity contribution in [2.75, 3.05) is 0 Å². The minimum atomic E-state index is 0.515. The van der Waals surface area contributed by atoms with Crippen LogP contribution in [-0.4, -0.2) is 9.97 Å². The molecule has 0 aliphatic carbocycles. The first-order chi connectivity index (χ1) is 7.24. The minimum Gasteiger partial charge on any atom is -0.334 e. The highest BCUT2D eigenvalue weighted by Crippen LogP contribution is 2.12. The number of hydrogen-bond donors (Lipinski definition) is 1. The summed E-state index contributed by atoms with van der Waals surface area (Å²) < 4.78 is 0.515. The summed E-state index contributed by atoms with van der Waals surface area (Å²) in [6, 6.07) is 9.68. The number of benzene rings is 1. The summed E-state index contributed by atoms with van der Waals surface area (Å²) in [7, 11) is 0. The van der Waals surface area contributed by atoms with Gasteiger partial charge < -0.3 is 4.98 Å². The number of H-pyrrole nitrogens is 1. The topological polar surface area (TPSA) is 28.7 Å². The zero-order chi connectivity index (χ0) is 10.7. The van der Waals surface area contributed by atoms with Gasteiger partial charge in [0.15, 0.2) is 4.77 Å². The maximum Gasteiger partial charge on any atom is 0.196 e. The number of rotatable bonds is 2. The maximum absolute atomic E-state index is 5.81. The zero-order valence-corrected chi connectivity index (χ0v) is 9.48. The SMILES string of the molecule is S=c1nccc(Cc2ccc(Cl)cc2)[nH]1. The molecule has 0 aliphatic rings. The van der Waals surface area contributed by atoms with Gasteiger partial charge in [0.05, 0.1) is 0 Å². The van der Waals surface area contributed by atoms with Crippen molar-refractivity contribution in [3.8, 4) is 0 Å². The largest absolute Gasteiger partial charge is 0.334 e. The van der Waals surface area contributed by atoms with Gasteiger partial charge in [0.25, 0.3) is 0 Å². The molecule has 2 nitrogen and oxygen atoms in total. The van der Waals surface area contributed by atoms with Gasteiger partial charge in [0.1, 0.15) is 0 Å². The minimum absolute atomic E-state index is 0.515. The van der Waals surface area contributed by atoms with Crippen LogP contribution < -0.4 is 0 Å². The van der Waals surface area contributed by atoms with E-state index in [9.17, 15) is 0 Å².